The monoisotopic (exact) mass is 198 g/mol. The molecule has 0 saturated carbocycles. The summed E-state index contributed by atoms with van der Waals surface area (Å²) in [4.78, 5) is 12.4. The molecule has 72 valence electrons. The number of nitrogens with two attached hydrogens (primary N) is 1. The molecular formula is C9H14N2OS. The molecule has 2 N–H and O–H groups in total. The second-order valence-corrected chi connectivity index (χ2v) is 3.97. The Morgan fingerprint density at radius 1 is 1.69 bits per heavy atom. The van der Waals surface area contributed by atoms with E-state index in [0.29, 0.717) is 6.42 Å². The third-order valence-corrected chi connectivity index (χ3v) is 2.72. The van der Waals surface area contributed by atoms with Gasteiger partial charge in [-0.3, -0.25) is 9.80 Å². The lowest BCUT2D eigenvalue weighted by atomic mass is 10.2. The third kappa shape index (κ3) is 3.57. The second kappa shape index (κ2) is 4.99. The molecule has 0 aliphatic carbocycles. The van der Waals surface area contributed by atoms with E-state index in [9.17, 15) is 4.79 Å². The summed E-state index contributed by atoms with van der Waals surface area (Å²) in [5.41, 5.74) is 0. The van der Waals surface area contributed by atoms with Gasteiger partial charge in [-0.25, -0.2) is 5.84 Å². The topological polar surface area (TPSA) is 46.3 Å². The van der Waals surface area contributed by atoms with E-state index in [1.807, 2.05) is 11.4 Å². The van der Waals surface area contributed by atoms with Gasteiger partial charge in [-0.2, -0.15) is 0 Å². The number of amides is 1. The van der Waals surface area contributed by atoms with Gasteiger partial charge in [0.15, 0.2) is 0 Å². The summed E-state index contributed by atoms with van der Waals surface area (Å²) in [5.74, 6) is 5.28. The average Bonchev–Trinajstić information content (AvgIpc) is 2.56. The number of aryl methyl sites for hydroxylation is 1. The minimum absolute atomic E-state index is 0.00319. The van der Waals surface area contributed by atoms with E-state index < -0.39 is 0 Å². The molecule has 0 atom stereocenters. The summed E-state index contributed by atoms with van der Waals surface area (Å²) < 4.78 is 0. The van der Waals surface area contributed by atoms with Crippen LogP contribution in [0.25, 0.3) is 0 Å². The molecule has 0 aliphatic rings. The summed E-state index contributed by atoms with van der Waals surface area (Å²) >= 11 is 1.73. The largest absolute Gasteiger partial charge is 0.284 e. The third-order valence-electron chi connectivity index (χ3n) is 1.79. The van der Waals surface area contributed by atoms with Gasteiger partial charge in [-0.05, 0) is 24.3 Å². The van der Waals surface area contributed by atoms with Gasteiger partial charge in [-0.1, -0.05) is 6.07 Å². The van der Waals surface area contributed by atoms with Gasteiger partial charge < -0.3 is 0 Å². The summed E-state index contributed by atoms with van der Waals surface area (Å²) in [6, 6.07) is 4.11. The fraction of sp³-hybridized carbons (Fsp3) is 0.444. The molecule has 0 spiro atoms. The molecule has 1 heterocycles. The van der Waals surface area contributed by atoms with Crippen molar-refractivity contribution < 1.29 is 4.79 Å². The summed E-state index contributed by atoms with van der Waals surface area (Å²) in [6.07, 6.45) is 2.38. The molecule has 0 radical (unpaired) electrons. The van der Waals surface area contributed by atoms with Crippen LogP contribution in [0.4, 0.5) is 0 Å². The maximum atomic E-state index is 11.1. The maximum absolute atomic E-state index is 11.1. The first-order valence-electron chi connectivity index (χ1n) is 4.24. The Morgan fingerprint density at radius 2 is 2.46 bits per heavy atom. The average molecular weight is 198 g/mol. The van der Waals surface area contributed by atoms with Gasteiger partial charge in [0.25, 0.3) is 0 Å². The van der Waals surface area contributed by atoms with Crippen LogP contribution in [-0.4, -0.2) is 18.0 Å². The molecule has 13 heavy (non-hydrogen) atoms. The van der Waals surface area contributed by atoms with Crippen LogP contribution < -0.4 is 5.84 Å². The zero-order valence-electron chi connectivity index (χ0n) is 7.69. The normalized spacial score (nSPS) is 10.0. The Bertz CT molecular complexity index is 257. The molecule has 1 aromatic heterocycles. The van der Waals surface area contributed by atoms with Crippen molar-refractivity contribution in [1.29, 1.82) is 0 Å². The lowest BCUT2D eigenvalue weighted by molar-refractivity contribution is -0.130. The van der Waals surface area contributed by atoms with E-state index in [4.69, 9.17) is 5.84 Å². The molecule has 0 bridgehead atoms. The molecule has 0 aromatic carbocycles. The van der Waals surface area contributed by atoms with Crippen molar-refractivity contribution in [2.24, 2.45) is 5.84 Å². The number of carbonyl (C=O) groups is 1. The first-order valence-corrected chi connectivity index (χ1v) is 5.12. The molecule has 1 amide bonds. The van der Waals surface area contributed by atoms with Crippen molar-refractivity contribution in [2.75, 3.05) is 7.05 Å². The number of hydrogen-bond acceptors (Lipinski definition) is 3. The summed E-state index contributed by atoms with van der Waals surface area (Å²) in [6.45, 7) is 0. The number of rotatable bonds is 4. The highest BCUT2D eigenvalue weighted by atomic mass is 32.1. The molecular weight excluding hydrogens is 184 g/mol. The van der Waals surface area contributed by atoms with Crippen LogP contribution in [0.3, 0.4) is 0 Å². The summed E-state index contributed by atoms with van der Waals surface area (Å²) in [7, 11) is 1.58. The number of hydrogen-bond donors (Lipinski definition) is 1. The quantitative estimate of drug-likeness (QED) is 0.451. The van der Waals surface area contributed by atoms with Crippen molar-refractivity contribution in [3.8, 4) is 0 Å². The van der Waals surface area contributed by atoms with Gasteiger partial charge in [0, 0.05) is 18.3 Å². The molecule has 1 aromatic rings. The fourth-order valence-electron chi connectivity index (χ4n) is 1.05. The molecule has 1 rings (SSSR count). The molecule has 0 fully saturated rings. The predicted molar refractivity (Wildman–Crippen MR) is 54.2 cm³/mol. The van der Waals surface area contributed by atoms with Crippen LogP contribution >= 0.6 is 11.3 Å². The Kier molecular flexibility index (Phi) is 3.92. The number of hydrazine groups is 1. The lowest BCUT2D eigenvalue weighted by Gasteiger charge is -2.08. The fourth-order valence-corrected chi connectivity index (χ4v) is 1.80. The van der Waals surface area contributed by atoms with Crippen LogP contribution in [-0.2, 0) is 11.2 Å². The van der Waals surface area contributed by atoms with Gasteiger partial charge in [0.05, 0.1) is 0 Å². The van der Waals surface area contributed by atoms with Crippen LogP contribution in [0.5, 0.6) is 0 Å². The van der Waals surface area contributed by atoms with Crippen molar-refractivity contribution in [3.63, 3.8) is 0 Å². The molecule has 0 saturated heterocycles. The van der Waals surface area contributed by atoms with Crippen LogP contribution in [0.15, 0.2) is 17.5 Å². The van der Waals surface area contributed by atoms with Crippen molar-refractivity contribution in [2.45, 2.75) is 19.3 Å². The Balaban J connectivity index is 2.18. The highest BCUT2D eigenvalue weighted by Gasteiger charge is 2.03. The Hall–Kier alpha value is -0.870. The van der Waals surface area contributed by atoms with Crippen molar-refractivity contribution in [3.05, 3.63) is 22.4 Å². The lowest BCUT2D eigenvalue weighted by Crippen LogP contribution is -2.32. The van der Waals surface area contributed by atoms with E-state index in [-0.39, 0.29) is 5.91 Å². The van der Waals surface area contributed by atoms with Crippen LogP contribution in [0.1, 0.15) is 17.7 Å². The second-order valence-electron chi connectivity index (χ2n) is 2.94. The molecule has 3 nitrogen and oxygen atoms in total. The zero-order valence-corrected chi connectivity index (χ0v) is 8.51. The Morgan fingerprint density at radius 3 is 3.00 bits per heavy atom. The van der Waals surface area contributed by atoms with E-state index in [2.05, 4.69) is 6.07 Å². The summed E-state index contributed by atoms with van der Waals surface area (Å²) in [5, 5.41) is 3.20. The highest BCUT2D eigenvalue weighted by Crippen LogP contribution is 2.11. The maximum Gasteiger partial charge on any atom is 0.236 e. The van der Waals surface area contributed by atoms with E-state index in [1.165, 1.54) is 4.88 Å². The SMILES string of the molecule is CN(N)C(=O)CCCc1cccs1. The van der Waals surface area contributed by atoms with Crippen LogP contribution in [0, 0.1) is 0 Å². The van der Waals surface area contributed by atoms with Gasteiger partial charge in [-0.15, -0.1) is 11.3 Å². The van der Waals surface area contributed by atoms with E-state index >= 15 is 0 Å². The minimum atomic E-state index is -0.00319. The van der Waals surface area contributed by atoms with Crippen molar-refractivity contribution >= 4 is 17.2 Å². The smallest absolute Gasteiger partial charge is 0.236 e. The zero-order chi connectivity index (χ0) is 9.68. The van der Waals surface area contributed by atoms with Gasteiger partial charge >= 0.3 is 0 Å². The molecule has 0 aliphatic heterocycles. The number of nitrogens with zero attached hydrogens (tertiary/aromatic N) is 1. The standard InChI is InChI=1S/C9H14N2OS/c1-11(10)9(12)6-2-4-8-5-3-7-13-8/h3,5,7H,2,4,6,10H2,1H3. The van der Waals surface area contributed by atoms with Gasteiger partial charge in [0.2, 0.25) is 5.91 Å². The first-order chi connectivity index (χ1) is 6.20. The highest BCUT2D eigenvalue weighted by molar-refractivity contribution is 7.09. The number of carbonyl (C=O) groups excluding carboxylic acids is 1. The molecule has 0 unspecified atom stereocenters. The molecule has 4 heteroatoms. The first kappa shape index (κ1) is 10.2. The predicted octanol–water partition coefficient (Wildman–Crippen LogP) is 1.40. The minimum Gasteiger partial charge on any atom is -0.284 e. The Labute approximate surface area is 82.1 Å². The van der Waals surface area contributed by atoms with Crippen LogP contribution in [0.2, 0.25) is 0 Å². The number of thiophene rings is 1. The van der Waals surface area contributed by atoms with E-state index in [0.717, 1.165) is 17.9 Å². The van der Waals surface area contributed by atoms with E-state index in [1.54, 1.807) is 18.4 Å². The van der Waals surface area contributed by atoms with Gasteiger partial charge in [0.1, 0.15) is 0 Å². The van der Waals surface area contributed by atoms with Crippen molar-refractivity contribution in [1.82, 2.24) is 5.01 Å².